The van der Waals surface area contributed by atoms with Gasteiger partial charge in [0.2, 0.25) is 16.8 Å². The molecular weight excluding hydrogens is 983 g/mol. The van der Waals surface area contributed by atoms with Gasteiger partial charge in [0.1, 0.15) is 6.07 Å². The van der Waals surface area contributed by atoms with Crippen LogP contribution in [0.1, 0.15) is 121 Å². The number of benzene rings is 1. The van der Waals surface area contributed by atoms with Gasteiger partial charge in [-0.05, 0) is 92.4 Å². The van der Waals surface area contributed by atoms with Gasteiger partial charge in [-0.15, -0.1) is 10.2 Å². The van der Waals surface area contributed by atoms with Crippen LogP contribution in [0.4, 0.5) is 27.1 Å². The topological polar surface area (TPSA) is 293 Å². The van der Waals surface area contributed by atoms with Crippen LogP contribution in [0.5, 0.6) is 0 Å². The Morgan fingerprint density at radius 1 is 0.635 bits per heavy atom. The number of carbonyl (C=O) groups is 4. The van der Waals surface area contributed by atoms with E-state index >= 15 is 0 Å². The van der Waals surface area contributed by atoms with Crippen molar-refractivity contribution in [1.29, 1.82) is 0 Å². The summed E-state index contributed by atoms with van der Waals surface area (Å²) in [6.07, 6.45) is 15.5. The highest BCUT2D eigenvalue weighted by Crippen LogP contribution is 2.42. The quantitative estimate of drug-likeness (QED) is 0.0214. The molecule has 22 nitrogen and oxygen atoms in total. The second-order valence-corrected chi connectivity index (χ2v) is 19.9. The summed E-state index contributed by atoms with van der Waals surface area (Å²) in [5.74, 6) is -3.53. The molecule has 2 aliphatic carbocycles. The second-order valence-electron chi connectivity index (χ2n) is 18.9. The zero-order valence-electron chi connectivity index (χ0n) is 43.1. The molecule has 1 heterocycles. The zero-order chi connectivity index (χ0) is 53.3. The molecule has 4 rings (SSSR count). The standard InChI is InChI=1S/C51H79N7O15S/c1-38-34-41(18-19-44(38)54-55-49-45(57(65)66)37-48(74-49)58(67)68)56(22-26-71-30-28-69-24-12-20-52-46(59)35-42(50(61)62)39-14-8-4-2-5-9-15-39)23-27-72-31-33-73-32-29-70-25-13-21-53-47(60)36-43(51(63)64)40-16-10-6-3-7-11-17-40/h18-19,34,37,39-40,42-43H,2-17,20-33,35-36H2,1H3,(H,52,59)(H,53,60)(H,61,62)(H,63,64). The first-order valence-corrected chi connectivity index (χ1v) is 27.2. The minimum Gasteiger partial charge on any atom is -0.481 e. The van der Waals surface area contributed by atoms with E-state index in [1.54, 1.807) is 13.0 Å². The molecular formula is C51H79N7O15S. The molecule has 4 N–H and O–H groups in total. The van der Waals surface area contributed by atoms with Gasteiger partial charge >= 0.3 is 22.6 Å². The molecule has 2 unspecified atom stereocenters. The molecule has 2 fully saturated rings. The molecule has 2 aromatic rings. The van der Waals surface area contributed by atoms with Gasteiger partial charge in [-0.3, -0.25) is 39.4 Å². The molecule has 0 aliphatic heterocycles. The minimum atomic E-state index is -0.901. The van der Waals surface area contributed by atoms with Crippen LogP contribution in [-0.2, 0) is 42.9 Å². The number of hydrogen-bond donors (Lipinski definition) is 4. The number of azo groups is 1. The number of thiophene rings is 1. The fourth-order valence-electron chi connectivity index (χ4n) is 9.32. The van der Waals surface area contributed by atoms with E-state index in [2.05, 4.69) is 25.8 Å². The summed E-state index contributed by atoms with van der Waals surface area (Å²) in [7, 11) is 0. The number of aryl methyl sites for hydroxylation is 1. The van der Waals surface area contributed by atoms with Crippen LogP contribution in [0.3, 0.4) is 0 Å². The number of anilines is 1. The molecule has 1 aromatic carbocycles. The van der Waals surface area contributed by atoms with Crippen molar-refractivity contribution in [2.45, 2.75) is 122 Å². The number of ether oxygens (including phenoxy) is 5. The van der Waals surface area contributed by atoms with E-state index in [9.17, 15) is 49.6 Å². The number of carboxylic acid groups (broad SMARTS) is 2. The van der Waals surface area contributed by atoms with E-state index in [0.717, 1.165) is 88.8 Å². The predicted molar refractivity (Wildman–Crippen MR) is 278 cm³/mol. The van der Waals surface area contributed by atoms with E-state index in [4.69, 9.17) is 23.7 Å². The monoisotopic (exact) mass is 1060 g/mol. The summed E-state index contributed by atoms with van der Waals surface area (Å²) in [4.78, 5) is 72.5. The third-order valence-electron chi connectivity index (χ3n) is 13.4. The lowest BCUT2D eigenvalue weighted by Crippen LogP contribution is -2.33. The Hall–Kier alpha value is -5.20. The lowest BCUT2D eigenvalue weighted by Gasteiger charge is -2.25. The van der Waals surface area contributed by atoms with Crippen molar-refractivity contribution < 1.29 is 62.9 Å². The molecule has 2 aliphatic rings. The van der Waals surface area contributed by atoms with Gasteiger partial charge in [0.15, 0.2) is 0 Å². The highest BCUT2D eigenvalue weighted by Gasteiger charge is 2.32. The Bertz CT molecular complexity index is 2040. The maximum atomic E-state index is 12.6. The lowest BCUT2D eigenvalue weighted by molar-refractivity contribution is -0.389. The Labute approximate surface area is 437 Å². The molecule has 414 valence electrons. The highest BCUT2D eigenvalue weighted by molar-refractivity contribution is 7.19. The predicted octanol–water partition coefficient (Wildman–Crippen LogP) is 9.09. The first-order valence-electron chi connectivity index (χ1n) is 26.4. The normalized spacial score (nSPS) is 15.9. The van der Waals surface area contributed by atoms with Crippen LogP contribution >= 0.6 is 11.3 Å². The Kier molecular flexibility index (Phi) is 29.8. The van der Waals surface area contributed by atoms with Gasteiger partial charge in [-0.2, -0.15) is 0 Å². The first kappa shape index (κ1) is 61.3. The molecule has 0 bridgehead atoms. The minimum absolute atomic E-state index is 0.000743. The number of nitrogens with zero attached hydrogens (tertiary/aromatic N) is 5. The van der Waals surface area contributed by atoms with Gasteiger partial charge in [0.05, 0.1) is 80.2 Å². The number of aliphatic carboxylic acids is 2. The third-order valence-corrected chi connectivity index (χ3v) is 14.4. The van der Waals surface area contributed by atoms with E-state index in [0.29, 0.717) is 128 Å². The first-order chi connectivity index (χ1) is 35.8. The Balaban J connectivity index is 1.14. The number of carbonyl (C=O) groups excluding carboxylic acids is 2. The molecule has 23 heteroatoms. The molecule has 1 aromatic heterocycles. The molecule has 0 spiro atoms. The second kappa shape index (κ2) is 35.9. The van der Waals surface area contributed by atoms with Crippen LogP contribution < -0.4 is 15.5 Å². The van der Waals surface area contributed by atoms with Crippen molar-refractivity contribution >= 4 is 62.2 Å². The average molecular weight is 1060 g/mol. The number of nitrogens with one attached hydrogen (secondary N) is 2. The number of nitro groups is 2. The van der Waals surface area contributed by atoms with E-state index < -0.39 is 44.3 Å². The smallest absolute Gasteiger partial charge is 0.333 e. The summed E-state index contributed by atoms with van der Waals surface area (Å²) >= 11 is 0.568. The number of carboxylic acids is 2. The van der Waals surface area contributed by atoms with Crippen LogP contribution in [0.2, 0.25) is 0 Å². The molecule has 74 heavy (non-hydrogen) atoms. The van der Waals surface area contributed by atoms with Gasteiger partial charge in [-0.25, -0.2) is 0 Å². The molecule has 0 saturated heterocycles. The lowest BCUT2D eigenvalue weighted by atomic mass is 9.80. The molecule has 2 saturated carbocycles. The van der Waals surface area contributed by atoms with Gasteiger partial charge in [-0.1, -0.05) is 64.2 Å². The molecule has 2 amide bonds. The average Bonchev–Trinajstić information content (AvgIpc) is 3.79. The van der Waals surface area contributed by atoms with Crippen LogP contribution in [0, 0.1) is 50.8 Å². The summed E-state index contributed by atoms with van der Waals surface area (Å²) in [5.41, 5.74) is 1.46. The van der Waals surface area contributed by atoms with Crippen molar-refractivity contribution in [3.05, 3.63) is 50.1 Å². The van der Waals surface area contributed by atoms with Crippen molar-refractivity contribution in [1.82, 2.24) is 10.6 Å². The fraction of sp³-hybridized carbons (Fsp3) is 0.725. The molecule has 2 atom stereocenters. The largest absolute Gasteiger partial charge is 0.481 e. The summed E-state index contributed by atoms with van der Waals surface area (Å²) in [6, 6.07) is 6.27. The van der Waals surface area contributed by atoms with Crippen molar-refractivity contribution in [3.8, 4) is 0 Å². The van der Waals surface area contributed by atoms with Gasteiger partial charge in [0, 0.05) is 57.9 Å². The van der Waals surface area contributed by atoms with Crippen LogP contribution in [-0.4, -0.2) is 136 Å². The molecule has 0 radical (unpaired) electrons. The zero-order valence-corrected chi connectivity index (χ0v) is 43.9. The fourth-order valence-corrected chi connectivity index (χ4v) is 10.1. The SMILES string of the molecule is Cc1cc(N(CCOCCOCCCNC(=O)CC(C(=O)O)C2CCCCCCC2)CCOCCOCCOCCCNC(=O)CC(C(=O)O)C2CCCCCCC2)ccc1N=Nc1sc([N+](=O)[O-])cc1[N+](=O)[O-]. The Morgan fingerprint density at radius 2 is 1.07 bits per heavy atom. The highest BCUT2D eigenvalue weighted by atomic mass is 32.1. The number of amides is 2. The van der Waals surface area contributed by atoms with Crippen molar-refractivity contribution in [2.75, 3.05) is 97.1 Å². The van der Waals surface area contributed by atoms with Crippen LogP contribution in [0.25, 0.3) is 0 Å². The summed E-state index contributed by atoms with van der Waals surface area (Å²) < 4.78 is 28.8. The number of rotatable bonds is 36. The Morgan fingerprint density at radius 3 is 1.49 bits per heavy atom. The van der Waals surface area contributed by atoms with E-state index in [1.807, 2.05) is 12.1 Å². The maximum Gasteiger partial charge on any atom is 0.333 e. The number of hydrogen-bond acceptors (Lipinski definition) is 17. The maximum absolute atomic E-state index is 12.6. The van der Waals surface area contributed by atoms with Gasteiger partial charge < -0.3 is 49.4 Å². The summed E-state index contributed by atoms with van der Waals surface area (Å²) in [5, 5.41) is 55.6. The van der Waals surface area contributed by atoms with Crippen molar-refractivity contribution in [2.24, 2.45) is 33.9 Å². The van der Waals surface area contributed by atoms with Crippen molar-refractivity contribution in [3.63, 3.8) is 0 Å². The summed E-state index contributed by atoms with van der Waals surface area (Å²) in [6.45, 7) is 7.17. The third kappa shape index (κ3) is 24.0. The van der Waals surface area contributed by atoms with E-state index in [-0.39, 0.29) is 41.5 Å². The van der Waals surface area contributed by atoms with E-state index in [1.165, 1.54) is 12.8 Å². The van der Waals surface area contributed by atoms with Gasteiger partial charge in [0.25, 0.3) is 0 Å². The van der Waals surface area contributed by atoms with Crippen LogP contribution in [0.15, 0.2) is 34.5 Å².